The number of hydrogen-bond acceptors (Lipinski definition) is 6. The van der Waals surface area contributed by atoms with E-state index in [0.29, 0.717) is 18.0 Å². The lowest BCUT2D eigenvalue weighted by Crippen LogP contribution is -2.30. The average molecular weight is 502 g/mol. The summed E-state index contributed by atoms with van der Waals surface area (Å²) in [6.07, 6.45) is 11.3. The van der Waals surface area contributed by atoms with E-state index in [1.54, 1.807) is 25.7 Å². The molecule has 8 heteroatoms. The Morgan fingerprint density at radius 2 is 1.94 bits per heavy atom. The van der Waals surface area contributed by atoms with E-state index in [4.69, 9.17) is 9.72 Å². The molecule has 1 amide bonds. The number of carbonyl (C=O) groups excluding carboxylic acids is 1. The Morgan fingerprint density at radius 1 is 1.14 bits per heavy atom. The molecular formula is C28H31N5O2S. The summed E-state index contributed by atoms with van der Waals surface area (Å²) in [6.45, 7) is 3.38. The van der Waals surface area contributed by atoms with Crippen LogP contribution in [0.1, 0.15) is 53.7 Å². The molecule has 0 spiro atoms. The van der Waals surface area contributed by atoms with Gasteiger partial charge in [-0.1, -0.05) is 31.4 Å². The second-order valence-electron chi connectivity index (χ2n) is 9.31. The van der Waals surface area contributed by atoms with Crippen LogP contribution < -0.4 is 10.1 Å². The summed E-state index contributed by atoms with van der Waals surface area (Å²) in [6, 6.07) is 10.00. The van der Waals surface area contributed by atoms with Gasteiger partial charge in [0.25, 0.3) is 5.91 Å². The molecule has 1 aliphatic carbocycles. The van der Waals surface area contributed by atoms with E-state index in [1.165, 1.54) is 43.4 Å². The second kappa shape index (κ2) is 11.0. The van der Waals surface area contributed by atoms with Gasteiger partial charge < -0.3 is 14.6 Å². The molecule has 1 N–H and O–H groups in total. The number of nitrogens with zero attached hydrogens (tertiary/aromatic N) is 4. The number of hydrogen-bond donors (Lipinski definition) is 1. The quantitative estimate of drug-likeness (QED) is 0.333. The lowest BCUT2D eigenvalue weighted by molar-refractivity contribution is 0.0943. The Kier molecular flexibility index (Phi) is 7.41. The maximum Gasteiger partial charge on any atom is 0.253 e. The molecule has 186 valence electrons. The second-order valence-corrected chi connectivity index (χ2v) is 10.2. The van der Waals surface area contributed by atoms with E-state index in [-0.39, 0.29) is 5.91 Å². The molecule has 0 radical (unpaired) electrons. The molecule has 1 fully saturated rings. The van der Waals surface area contributed by atoms with Gasteiger partial charge in [0.05, 0.1) is 30.3 Å². The number of nitrogens with one attached hydrogen (secondary N) is 1. The standard InChI is InChI=1S/C28H31N5O2S/c1-19-23(27(34)31-15-20-6-4-3-5-7-20)14-26(33(19)17-21-8-10-22(35-2)11-9-21)25-18-36-28(32-25)24-16-29-12-13-30-24/h8-14,16,18,20H,3-7,15,17H2,1-2H3,(H,31,34). The monoisotopic (exact) mass is 501 g/mol. The zero-order valence-electron chi connectivity index (χ0n) is 20.7. The molecule has 1 aliphatic rings. The van der Waals surface area contributed by atoms with Crippen molar-refractivity contribution < 1.29 is 9.53 Å². The van der Waals surface area contributed by atoms with Gasteiger partial charge >= 0.3 is 0 Å². The highest BCUT2D eigenvalue weighted by Gasteiger charge is 2.22. The van der Waals surface area contributed by atoms with Crippen LogP contribution in [0.5, 0.6) is 5.75 Å². The number of thiazole rings is 1. The van der Waals surface area contributed by atoms with Gasteiger partial charge in [-0.2, -0.15) is 0 Å². The summed E-state index contributed by atoms with van der Waals surface area (Å²) in [5.74, 6) is 1.38. The summed E-state index contributed by atoms with van der Waals surface area (Å²) in [5, 5.41) is 6.03. The number of benzene rings is 1. The third kappa shape index (κ3) is 5.33. The Morgan fingerprint density at radius 3 is 2.67 bits per heavy atom. The van der Waals surface area contributed by atoms with Gasteiger partial charge in [-0.05, 0) is 49.4 Å². The van der Waals surface area contributed by atoms with Crippen molar-refractivity contribution in [2.45, 2.75) is 45.6 Å². The van der Waals surface area contributed by atoms with Crippen molar-refractivity contribution in [1.82, 2.24) is 24.8 Å². The van der Waals surface area contributed by atoms with Crippen molar-refractivity contribution in [2.24, 2.45) is 5.92 Å². The zero-order chi connectivity index (χ0) is 24.9. The highest BCUT2D eigenvalue weighted by molar-refractivity contribution is 7.13. The van der Waals surface area contributed by atoms with Crippen molar-refractivity contribution >= 4 is 17.2 Å². The Labute approximate surface area is 215 Å². The summed E-state index contributed by atoms with van der Waals surface area (Å²) in [5.41, 5.74) is 5.22. The number of carbonyl (C=O) groups is 1. The van der Waals surface area contributed by atoms with Gasteiger partial charge in [0.15, 0.2) is 0 Å². The maximum atomic E-state index is 13.3. The smallest absolute Gasteiger partial charge is 0.253 e. The Hall–Kier alpha value is -3.52. The first-order chi connectivity index (χ1) is 17.6. The highest BCUT2D eigenvalue weighted by atomic mass is 32.1. The maximum absolute atomic E-state index is 13.3. The number of aromatic nitrogens is 4. The molecule has 3 aromatic heterocycles. The summed E-state index contributed by atoms with van der Waals surface area (Å²) in [4.78, 5) is 26.7. The first kappa shape index (κ1) is 24.2. The molecule has 1 saturated carbocycles. The van der Waals surface area contributed by atoms with Gasteiger partial charge in [-0.3, -0.25) is 14.8 Å². The van der Waals surface area contributed by atoms with Crippen molar-refractivity contribution in [3.63, 3.8) is 0 Å². The van der Waals surface area contributed by atoms with Gasteiger partial charge in [0.2, 0.25) is 0 Å². The minimum Gasteiger partial charge on any atom is -0.497 e. The van der Waals surface area contributed by atoms with Crippen LogP contribution in [0.15, 0.2) is 54.3 Å². The van der Waals surface area contributed by atoms with E-state index in [0.717, 1.165) is 45.6 Å². The number of rotatable bonds is 8. The summed E-state index contributed by atoms with van der Waals surface area (Å²) in [7, 11) is 1.67. The van der Waals surface area contributed by atoms with Crippen molar-refractivity contribution in [3.05, 3.63) is 71.1 Å². The fourth-order valence-corrected chi connectivity index (χ4v) is 5.62. The predicted molar refractivity (Wildman–Crippen MR) is 142 cm³/mol. The summed E-state index contributed by atoms with van der Waals surface area (Å²) < 4.78 is 7.49. The van der Waals surface area contributed by atoms with Crippen molar-refractivity contribution in [2.75, 3.05) is 13.7 Å². The topological polar surface area (TPSA) is 81.9 Å². The molecular weight excluding hydrogens is 470 g/mol. The molecule has 3 heterocycles. The predicted octanol–water partition coefficient (Wildman–Crippen LogP) is 5.74. The normalized spacial score (nSPS) is 14.1. The van der Waals surface area contributed by atoms with Crippen LogP contribution in [-0.4, -0.2) is 39.1 Å². The largest absolute Gasteiger partial charge is 0.497 e. The molecule has 0 unspecified atom stereocenters. The molecule has 1 aromatic carbocycles. The zero-order valence-corrected chi connectivity index (χ0v) is 21.6. The summed E-state index contributed by atoms with van der Waals surface area (Å²) >= 11 is 1.53. The number of amides is 1. The van der Waals surface area contributed by atoms with Crippen LogP contribution in [0.2, 0.25) is 0 Å². The van der Waals surface area contributed by atoms with E-state index >= 15 is 0 Å². The highest BCUT2D eigenvalue weighted by Crippen LogP contribution is 2.31. The van der Waals surface area contributed by atoms with E-state index in [2.05, 4.69) is 32.0 Å². The van der Waals surface area contributed by atoms with Gasteiger partial charge in [0, 0.05) is 36.6 Å². The van der Waals surface area contributed by atoms with E-state index in [9.17, 15) is 4.79 Å². The molecule has 36 heavy (non-hydrogen) atoms. The van der Waals surface area contributed by atoms with E-state index in [1.807, 2.05) is 30.5 Å². The first-order valence-electron chi connectivity index (χ1n) is 12.5. The van der Waals surface area contributed by atoms with Gasteiger partial charge in [-0.15, -0.1) is 11.3 Å². The fourth-order valence-electron chi connectivity index (χ4n) is 4.85. The lowest BCUT2D eigenvalue weighted by atomic mass is 9.89. The molecule has 0 saturated heterocycles. The van der Waals surface area contributed by atoms with Crippen LogP contribution in [0.4, 0.5) is 0 Å². The number of methoxy groups -OCH3 is 1. The van der Waals surface area contributed by atoms with Crippen molar-refractivity contribution in [1.29, 1.82) is 0 Å². The third-order valence-corrected chi connectivity index (χ3v) is 7.80. The molecule has 7 nitrogen and oxygen atoms in total. The molecule has 0 aliphatic heterocycles. The minimum absolute atomic E-state index is 0.0165. The van der Waals surface area contributed by atoms with Crippen LogP contribution in [0.3, 0.4) is 0 Å². The molecule has 5 rings (SSSR count). The number of ether oxygens (including phenoxy) is 1. The van der Waals surface area contributed by atoms with Crippen molar-refractivity contribution in [3.8, 4) is 27.8 Å². The van der Waals surface area contributed by atoms with Crippen LogP contribution in [-0.2, 0) is 6.54 Å². The Bertz CT molecular complexity index is 1310. The third-order valence-electron chi connectivity index (χ3n) is 6.94. The fraction of sp³-hybridized carbons (Fsp3) is 0.357. The first-order valence-corrected chi connectivity index (χ1v) is 13.3. The average Bonchev–Trinajstić information content (AvgIpc) is 3.54. The molecule has 0 bridgehead atoms. The van der Waals surface area contributed by atoms with Gasteiger partial charge in [0.1, 0.15) is 16.5 Å². The van der Waals surface area contributed by atoms with Crippen LogP contribution in [0, 0.1) is 12.8 Å². The molecule has 4 aromatic rings. The van der Waals surface area contributed by atoms with Gasteiger partial charge in [-0.25, -0.2) is 4.98 Å². The lowest BCUT2D eigenvalue weighted by Gasteiger charge is -2.21. The van der Waals surface area contributed by atoms with E-state index < -0.39 is 0 Å². The Balaban J connectivity index is 1.46. The molecule has 0 atom stereocenters. The SMILES string of the molecule is COc1ccc(Cn2c(-c3csc(-c4cnccn4)n3)cc(C(=O)NCC3CCCCC3)c2C)cc1. The van der Waals surface area contributed by atoms with Crippen LogP contribution >= 0.6 is 11.3 Å². The minimum atomic E-state index is -0.0165. The van der Waals surface area contributed by atoms with Crippen LogP contribution in [0.25, 0.3) is 22.1 Å².